The van der Waals surface area contributed by atoms with Gasteiger partial charge in [-0.15, -0.1) is 11.3 Å². The molecule has 0 spiro atoms. The predicted octanol–water partition coefficient (Wildman–Crippen LogP) is 3.29. The van der Waals surface area contributed by atoms with E-state index in [4.69, 9.17) is 0 Å². The Labute approximate surface area is 145 Å². The molecule has 0 unspecified atom stereocenters. The maximum absolute atomic E-state index is 12.6. The third-order valence-corrected chi connectivity index (χ3v) is 5.68. The van der Waals surface area contributed by atoms with Crippen molar-refractivity contribution in [2.75, 3.05) is 13.1 Å². The second-order valence-electron chi connectivity index (χ2n) is 6.22. The van der Waals surface area contributed by atoms with E-state index in [1.54, 1.807) is 17.5 Å². The Morgan fingerprint density at radius 1 is 1.33 bits per heavy atom. The number of nitrogens with zero attached hydrogens (tertiary/aromatic N) is 4. The lowest BCUT2D eigenvalue weighted by molar-refractivity contribution is -0.132. The number of carbonyl (C=O) groups is 1. The maximum atomic E-state index is 12.6. The van der Waals surface area contributed by atoms with E-state index in [2.05, 4.69) is 20.6 Å². The molecular weight excluding hydrogens is 320 g/mol. The van der Waals surface area contributed by atoms with Gasteiger partial charge >= 0.3 is 0 Å². The van der Waals surface area contributed by atoms with Crippen LogP contribution in [0.15, 0.2) is 43.0 Å². The second-order valence-corrected chi connectivity index (χ2v) is 7.34. The predicted molar refractivity (Wildman–Crippen MR) is 95.0 cm³/mol. The number of hydrogen-bond acceptors (Lipinski definition) is 4. The Morgan fingerprint density at radius 2 is 2.25 bits per heavy atom. The van der Waals surface area contributed by atoms with Gasteiger partial charge in [0.1, 0.15) is 0 Å². The molecule has 124 valence electrons. The van der Waals surface area contributed by atoms with Crippen molar-refractivity contribution in [3.05, 3.63) is 48.0 Å². The number of para-hydroxylation sites is 1. The highest BCUT2D eigenvalue weighted by Gasteiger charge is 2.24. The normalized spacial score (nSPS) is 18.2. The minimum Gasteiger partial charge on any atom is -0.341 e. The van der Waals surface area contributed by atoms with E-state index in [0.717, 1.165) is 42.9 Å². The number of carbonyl (C=O) groups excluding carboxylic acids is 1. The minimum atomic E-state index is 0.235. The number of aromatic nitrogens is 3. The van der Waals surface area contributed by atoms with E-state index < -0.39 is 0 Å². The molecule has 0 N–H and O–H groups in total. The lowest BCUT2D eigenvalue weighted by atomic mass is 10.0. The average Bonchev–Trinajstić information content (AvgIpc) is 3.29. The van der Waals surface area contributed by atoms with Crippen LogP contribution in [0.25, 0.3) is 10.2 Å². The molecule has 1 saturated heterocycles. The fourth-order valence-corrected chi connectivity index (χ4v) is 4.28. The first kappa shape index (κ1) is 15.3. The van der Waals surface area contributed by atoms with Gasteiger partial charge in [0.15, 0.2) is 0 Å². The van der Waals surface area contributed by atoms with Crippen LogP contribution in [0.5, 0.6) is 0 Å². The summed E-state index contributed by atoms with van der Waals surface area (Å²) >= 11 is 1.69. The molecule has 1 aromatic carbocycles. The van der Waals surface area contributed by atoms with Crippen molar-refractivity contribution in [1.29, 1.82) is 0 Å². The third kappa shape index (κ3) is 3.19. The number of hydrogen-bond donors (Lipinski definition) is 0. The second kappa shape index (κ2) is 6.73. The Kier molecular flexibility index (Phi) is 4.30. The molecule has 2 aromatic heterocycles. The molecule has 0 saturated carbocycles. The summed E-state index contributed by atoms with van der Waals surface area (Å²) in [7, 11) is 0. The van der Waals surface area contributed by atoms with Crippen molar-refractivity contribution in [1.82, 2.24) is 19.4 Å². The van der Waals surface area contributed by atoms with E-state index >= 15 is 0 Å². The molecule has 0 radical (unpaired) electrons. The quantitative estimate of drug-likeness (QED) is 0.732. The van der Waals surface area contributed by atoms with Gasteiger partial charge in [-0.2, -0.15) is 0 Å². The zero-order valence-electron chi connectivity index (χ0n) is 13.5. The van der Waals surface area contributed by atoms with Gasteiger partial charge in [-0.1, -0.05) is 12.1 Å². The van der Waals surface area contributed by atoms with Crippen LogP contribution in [-0.2, 0) is 11.2 Å². The van der Waals surface area contributed by atoms with Crippen LogP contribution in [-0.4, -0.2) is 38.4 Å². The van der Waals surface area contributed by atoms with Gasteiger partial charge in [0, 0.05) is 38.3 Å². The number of fused-ring (bicyclic) bond motifs is 1. The smallest absolute Gasteiger partial charge is 0.223 e. The van der Waals surface area contributed by atoms with Crippen molar-refractivity contribution in [3.63, 3.8) is 0 Å². The summed E-state index contributed by atoms with van der Waals surface area (Å²) in [6.45, 7) is 1.65. The number of benzene rings is 1. The molecule has 1 aliphatic rings. The number of likely N-dealkylation sites (tertiary alicyclic amines) is 1. The third-order valence-electron chi connectivity index (χ3n) is 4.59. The molecule has 1 amide bonds. The molecule has 0 aliphatic carbocycles. The summed E-state index contributed by atoms with van der Waals surface area (Å²) in [6.07, 6.45) is 9.06. The fourth-order valence-electron chi connectivity index (χ4n) is 3.31. The molecule has 6 heteroatoms. The van der Waals surface area contributed by atoms with Crippen molar-refractivity contribution in [3.8, 4) is 0 Å². The fraction of sp³-hybridized carbons (Fsp3) is 0.389. The number of thiazole rings is 1. The number of piperidine rings is 1. The molecule has 3 aromatic rings. The van der Waals surface area contributed by atoms with Gasteiger partial charge in [-0.05, 0) is 25.0 Å². The lowest BCUT2D eigenvalue weighted by Gasteiger charge is -2.33. The molecule has 4 rings (SSSR count). The zero-order valence-corrected chi connectivity index (χ0v) is 14.3. The highest BCUT2D eigenvalue weighted by molar-refractivity contribution is 7.18. The highest BCUT2D eigenvalue weighted by atomic mass is 32.1. The van der Waals surface area contributed by atoms with Gasteiger partial charge in [0.25, 0.3) is 0 Å². The molecule has 24 heavy (non-hydrogen) atoms. The summed E-state index contributed by atoms with van der Waals surface area (Å²) in [4.78, 5) is 23.3. The monoisotopic (exact) mass is 340 g/mol. The summed E-state index contributed by atoms with van der Waals surface area (Å²) in [5, 5.41) is 1.05. The minimum absolute atomic E-state index is 0.235. The molecular formula is C18H20N4OS. The lowest BCUT2D eigenvalue weighted by Crippen LogP contribution is -2.40. The number of aryl methyl sites for hydroxylation is 1. The van der Waals surface area contributed by atoms with Crippen molar-refractivity contribution in [2.24, 2.45) is 0 Å². The first-order valence-electron chi connectivity index (χ1n) is 8.39. The molecule has 5 nitrogen and oxygen atoms in total. The molecule has 3 heterocycles. The highest BCUT2D eigenvalue weighted by Crippen LogP contribution is 2.24. The van der Waals surface area contributed by atoms with Crippen LogP contribution in [0.2, 0.25) is 0 Å². The topological polar surface area (TPSA) is 51.0 Å². The number of amides is 1. The SMILES string of the molecule is O=C(CCc1nc2ccccc2s1)N1CCC[C@H](n2ccnc2)C1. The van der Waals surface area contributed by atoms with E-state index in [0.29, 0.717) is 12.5 Å². The molecule has 0 bridgehead atoms. The Hall–Kier alpha value is -2.21. The van der Waals surface area contributed by atoms with E-state index in [-0.39, 0.29) is 5.91 Å². The molecule has 1 atom stereocenters. The summed E-state index contributed by atoms with van der Waals surface area (Å²) in [5.41, 5.74) is 1.03. The van der Waals surface area contributed by atoms with Crippen molar-refractivity contribution >= 4 is 27.5 Å². The molecule has 1 aliphatic heterocycles. The van der Waals surface area contributed by atoms with Crippen LogP contribution in [0, 0.1) is 0 Å². The van der Waals surface area contributed by atoms with Crippen LogP contribution in [0.1, 0.15) is 30.3 Å². The average molecular weight is 340 g/mol. The summed E-state index contributed by atoms with van der Waals surface area (Å²) in [6, 6.07) is 8.49. The largest absolute Gasteiger partial charge is 0.341 e. The van der Waals surface area contributed by atoms with Crippen LogP contribution < -0.4 is 0 Å². The first-order chi connectivity index (χ1) is 11.8. The Balaban J connectivity index is 1.37. The van der Waals surface area contributed by atoms with Crippen molar-refractivity contribution in [2.45, 2.75) is 31.7 Å². The van der Waals surface area contributed by atoms with Gasteiger partial charge in [-0.25, -0.2) is 9.97 Å². The van der Waals surface area contributed by atoms with E-state index in [1.165, 1.54) is 4.70 Å². The maximum Gasteiger partial charge on any atom is 0.223 e. The van der Waals surface area contributed by atoms with Crippen LogP contribution in [0.4, 0.5) is 0 Å². The Morgan fingerprint density at radius 3 is 3.08 bits per heavy atom. The van der Waals surface area contributed by atoms with Gasteiger partial charge in [0.2, 0.25) is 5.91 Å². The van der Waals surface area contributed by atoms with Crippen LogP contribution >= 0.6 is 11.3 Å². The summed E-state index contributed by atoms with van der Waals surface area (Å²) < 4.78 is 3.31. The zero-order chi connectivity index (χ0) is 16.4. The first-order valence-corrected chi connectivity index (χ1v) is 9.21. The Bertz CT molecular complexity index is 794. The van der Waals surface area contributed by atoms with Crippen molar-refractivity contribution < 1.29 is 4.79 Å². The summed E-state index contributed by atoms with van der Waals surface area (Å²) in [5.74, 6) is 0.235. The van der Waals surface area contributed by atoms with Gasteiger partial charge in [0.05, 0.1) is 27.6 Å². The number of rotatable bonds is 4. The van der Waals surface area contributed by atoms with E-state index in [9.17, 15) is 4.79 Å². The van der Waals surface area contributed by atoms with Gasteiger partial charge in [-0.3, -0.25) is 4.79 Å². The molecule has 1 fully saturated rings. The standard InChI is InChI=1S/C18H20N4OS/c23-18(8-7-17-20-15-5-1-2-6-16(15)24-17)21-10-3-4-14(12-21)22-11-9-19-13-22/h1-2,5-6,9,11,13-14H,3-4,7-8,10,12H2/t14-/m0/s1. The number of imidazole rings is 1. The van der Waals surface area contributed by atoms with Gasteiger partial charge < -0.3 is 9.47 Å². The van der Waals surface area contributed by atoms with Crippen LogP contribution in [0.3, 0.4) is 0 Å². The van der Waals surface area contributed by atoms with E-state index in [1.807, 2.05) is 35.6 Å².